The molecule has 0 spiro atoms. The maximum absolute atomic E-state index is 12.0. The summed E-state index contributed by atoms with van der Waals surface area (Å²) >= 11 is 0. The van der Waals surface area contributed by atoms with Crippen LogP contribution < -0.4 is 5.32 Å². The number of Topliss-reactive ketones (excluding diaryl/α,β-unsaturated/α-hetero) is 1. The van der Waals surface area contributed by atoms with Crippen molar-refractivity contribution in [2.75, 3.05) is 13.2 Å². The molecular weight excluding hydrogens is 266 g/mol. The van der Waals surface area contributed by atoms with Crippen molar-refractivity contribution < 1.29 is 14.7 Å². The maximum Gasteiger partial charge on any atom is 0.223 e. The predicted octanol–water partition coefficient (Wildman–Crippen LogP) is 2.03. The molecule has 1 aromatic carbocycles. The molecule has 0 heterocycles. The number of ketones is 1. The first-order valence-electron chi connectivity index (χ1n) is 7.67. The van der Waals surface area contributed by atoms with Crippen LogP contribution in [0.1, 0.15) is 43.6 Å². The lowest BCUT2D eigenvalue weighted by Gasteiger charge is -2.05. The minimum atomic E-state index is -0.362. The van der Waals surface area contributed by atoms with Crippen LogP contribution in [0.15, 0.2) is 30.3 Å². The summed E-state index contributed by atoms with van der Waals surface area (Å²) in [6.07, 6.45) is 3.95. The zero-order chi connectivity index (χ0) is 15.1. The SMILES string of the molecule is O=C(CO)CCCCCNC(=O)C1CC1c1ccccc1. The van der Waals surface area contributed by atoms with Crippen molar-refractivity contribution in [2.45, 2.75) is 38.0 Å². The largest absolute Gasteiger partial charge is 0.389 e. The van der Waals surface area contributed by atoms with Crippen LogP contribution in [0.4, 0.5) is 0 Å². The minimum Gasteiger partial charge on any atom is -0.389 e. The number of carbonyl (C=O) groups excluding carboxylic acids is 2. The Hall–Kier alpha value is -1.68. The molecule has 2 unspecified atom stereocenters. The summed E-state index contributed by atoms with van der Waals surface area (Å²) in [5.74, 6) is 0.551. The highest BCUT2D eigenvalue weighted by atomic mass is 16.3. The van der Waals surface area contributed by atoms with Gasteiger partial charge in [0.1, 0.15) is 6.61 Å². The molecule has 4 nitrogen and oxygen atoms in total. The Morgan fingerprint density at radius 3 is 2.62 bits per heavy atom. The molecule has 114 valence electrons. The van der Waals surface area contributed by atoms with Gasteiger partial charge in [-0.15, -0.1) is 0 Å². The Balaban J connectivity index is 1.56. The molecule has 1 fully saturated rings. The van der Waals surface area contributed by atoms with Crippen LogP contribution in [-0.2, 0) is 9.59 Å². The lowest BCUT2D eigenvalue weighted by Crippen LogP contribution is -2.26. The fourth-order valence-corrected chi connectivity index (χ4v) is 2.60. The van der Waals surface area contributed by atoms with E-state index in [0.717, 1.165) is 25.7 Å². The number of amides is 1. The number of aliphatic hydroxyl groups excluding tert-OH is 1. The van der Waals surface area contributed by atoms with Gasteiger partial charge in [0.05, 0.1) is 0 Å². The average Bonchev–Trinajstić information content (AvgIpc) is 3.31. The smallest absolute Gasteiger partial charge is 0.223 e. The molecule has 0 radical (unpaired) electrons. The first-order valence-corrected chi connectivity index (χ1v) is 7.67. The quantitative estimate of drug-likeness (QED) is 0.684. The van der Waals surface area contributed by atoms with Crippen LogP contribution >= 0.6 is 0 Å². The van der Waals surface area contributed by atoms with Crippen molar-refractivity contribution >= 4 is 11.7 Å². The van der Waals surface area contributed by atoms with E-state index in [9.17, 15) is 9.59 Å². The van der Waals surface area contributed by atoms with E-state index < -0.39 is 0 Å². The lowest BCUT2D eigenvalue weighted by molar-refractivity contribution is -0.123. The molecule has 2 atom stereocenters. The number of hydrogen-bond acceptors (Lipinski definition) is 3. The Kier molecular flexibility index (Phi) is 5.93. The summed E-state index contributed by atoms with van der Waals surface area (Å²) < 4.78 is 0. The van der Waals surface area contributed by atoms with E-state index in [2.05, 4.69) is 17.4 Å². The van der Waals surface area contributed by atoms with Gasteiger partial charge in [-0.1, -0.05) is 36.8 Å². The molecule has 4 heteroatoms. The second kappa shape index (κ2) is 7.93. The van der Waals surface area contributed by atoms with Crippen LogP contribution in [0, 0.1) is 5.92 Å². The molecule has 1 saturated carbocycles. The number of hydrogen-bond donors (Lipinski definition) is 2. The van der Waals surface area contributed by atoms with E-state index in [4.69, 9.17) is 5.11 Å². The molecule has 1 aromatic rings. The number of unbranched alkanes of at least 4 members (excludes halogenated alkanes) is 2. The van der Waals surface area contributed by atoms with Gasteiger partial charge in [-0.3, -0.25) is 9.59 Å². The van der Waals surface area contributed by atoms with Crippen molar-refractivity contribution in [1.29, 1.82) is 0 Å². The van der Waals surface area contributed by atoms with Crippen molar-refractivity contribution in [3.63, 3.8) is 0 Å². The molecule has 21 heavy (non-hydrogen) atoms. The third kappa shape index (κ3) is 4.97. The molecule has 2 N–H and O–H groups in total. The highest BCUT2D eigenvalue weighted by molar-refractivity contribution is 5.82. The van der Waals surface area contributed by atoms with Gasteiger partial charge in [0.15, 0.2) is 5.78 Å². The standard InChI is InChI=1S/C17H23NO3/c19-12-14(20)9-5-2-6-10-18-17(21)16-11-15(16)13-7-3-1-4-8-13/h1,3-4,7-8,15-16,19H,2,5-6,9-12H2,(H,18,21). The fourth-order valence-electron chi connectivity index (χ4n) is 2.60. The first kappa shape index (κ1) is 15.7. The number of carbonyl (C=O) groups is 2. The van der Waals surface area contributed by atoms with Gasteiger partial charge in [0.25, 0.3) is 0 Å². The molecule has 0 aromatic heterocycles. The Morgan fingerprint density at radius 2 is 1.90 bits per heavy atom. The maximum atomic E-state index is 12.0. The molecular formula is C17H23NO3. The lowest BCUT2D eigenvalue weighted by atomic mass is 10.1. The Labute approximate surface area is 125 Å². The monoisotopic (exact) mass is 289 g/mol. The van der Waals surface area contributed by atoms with Crippen molar-refractivity contribution in [3.05, 3.63) is 35.9 Å². The summed E-state index contributed by atoms with van der Waals surface area (Å²) in [4.78, 5) is 22.9. The minimum absolute atomic E-state index is 0.109. The van der Waals surface area contributed by atoms with Crippen LogP contribution in [0.2, 0.25) is 0 Å². The van der Waals surface area contributed by atoms with E-state index >= 15 is 0 Å². The summed E-state index contributed by atoms with van der Waals surface area (Å²) in [7, 11) is 0. The van der Waals surface area contributed by atoms with Gasteiger partial charge in [0.2, 0.25) is 5.91 Å². The Bertz CT molecular complexity index is 472. The normalized spacial score (nSPS) is 20.0. The highest BCUT2D eigenvalue weighted by Gasteiger charge is 2.43. The van der Waals surface area contributed by atoms with Crippen LogP contribution in [0.3, 0.4) is 0 Å². The van der Waals surface area contributed by atoms with Gasteiger partial charge in [-0.2, -0.15) is 0 Å². The topological polar surface area (TPSA) is 66.4 Å². The third-order valence-electron chi connectivity index (χ3n) is 3.96. The summed E-state index contributed by atoms with van der Waals surface area (Å²) in [6.45, 7) is 0.309. The fraction of sp³-hybridized carbons (Fsp3) is 0.529. The van der Waals surface area contributed by atoms with Gasteiger partial charge >= 0.3 is 0 Å². The number of benzene rings is 1. The second-order valence-electron chi connectivity index (χ2n) is 5.66. The summed E-state index contributed by atoms with van der Waals surface area (Å²) in [5, 5.41) is 11.6. The van der Waals surface area contributed by atoms with Gasteiger partial charge in [-0.25, -0.2) is 0 Å². The Morgan fingerprint density at radius 1 is 1.14 bits per heavy atom. The number of aliphatic hydroxyl groups is 1. The summed E-state index contributed by atoms with van der Waals surface area (Å²) in [6, 6.07) is 10.2. The zero-order valence-corrected chi connectivity index (χ0v) is 12.3. The molecule has 0 aliphatic heterocycles. The summed E-state index contributed by atoms with van der Waals surface area (Å²) in [5.41, 5.74) is 1.25. The molecule has 1 aliphatic rings. The molecule has 0 bridgehead atoms. The van der Waals surface area contributed by atoms with E-state index in [-0.39, 0.29) is 24.2 Å². The van der Waals surface area contributed by atoms with Crippen molar-refractivity contribution in [1.82, 2.24) is 5.32 Å². The highest BCUT2D eigenvalue weighted by Crippen LogP contribution is 2.47. The number of nitrogens with one attached hydrogen (secondary N) is 1. The number of rotatable bonds is 9. The van der Waals surface area contributed by atoms with Crippen molar-refractivity contribution in [3.8, 4) is 0 Å². The van der Waals surface area contributed by atoms with E-state index in [0.29, 0.717) is 18.9 Å². The zero-order valence-electron chi connectivity index (χ0n) is 12.3. The van der Waals surface area contributed by atoms with Gasteiger partial charge < -0.3 is 10.4 Å². The third-order valence-corrected chi connectivity index (χ3v) is 3.96. The average molecular weight is 289 g/mol. The predicted molar refractivity (Wildman–Crippen MR) is 80.9 cm³/mol. The van der Waals surface area contributed by atoms with Crippen LogP contribution in [-0.4, -0.2) is 29.9 Å². The van der Waals surface area contributed by atoms with Gasteiger partial charge in [-0.05, 0) is 30.7 Å². The van der Waals surface area contributed by atoms with Crippen LogP contribution in [0.25, 0.3) is 0 Å². The molecule has 1 amide bonds. The second-order valence-corrected chi connectivity index (χ2v) is 5.66. The van der Waals surface area contributed by atoms with Crippen LogP contribution in [0.5, 0.6) is 0 Å². The van der Waals surface area contributed by atoms with Gasteiger partial charge in [0, 0.05) is 18.9 Å². The van der Waals surface area contributed by atoms with Crippen molar-refractivity contribution in [2.24, 2.45) is 5.92 Å². The van der Waals surface area contributed by atoms with E-state index in [1.807, 2.05) is 18.2 Å². The molecule has 2 rings (SSSR count). The molecule has 0 saturated heterocycles. The molecule has 1 aliphatic carbocycles. The first-order chi connectivity index (χ1) is 10.2. The van der Waals surface area contributed by atoms with E-state index in [1.54, 1.807) is 0 Å². The van der Waals surface area contributed by atoms with E-state index in [1.165, 1.54) is 5.56 Å².